The van der Waals surface area contributed by atoms with Gasteiger partial charge in [-0.05, 0) is 40.4 Å². The fourth-order valence-electron chi connectivity index (χ4n) is 2.39. The zero-order valence-corrected chi connectivity index (χ0v) is 11.7. The smallest absolute Gasteiger partial charge is 0.0590 e. The summed E-state index contributed by atoms with van der Waals surface area (Å²) < 4.78 is 5.30. The van der Waals surface area contributed by atoms with Gasteiger partial charge in [0.2, 0.25) is 0 Å². The van der Waals surface area contributed by atoms with E-state index in [1.807, 2.05) is 6.92 Å². The molecule has 0 aromatic heterocycles. The van der Waals surface area contributed by atoms with E-state index in [1.54, 1.807) is 0 Å². The standard InChI is InChI=1S/C13H29N3O/c1-4-17-11-7-14-6-10-16-9-5-8-15(3)12-13(16)2/h13-14H,4-12H2,1-3H3. The summed E-state index contributed by atoms with van der Waals surface area (Å²) >= 11 is 0. The molecule has 1 aliphatic rings. The van der Waals surface area contributed by atoms with Crippen LogP contribution in [-0.2, 0) is 4.74 Å². The minimum absolute atomic E-state index is 0.677. The van der Waals surface area contributed by atoms with Gasteiger partial charge in [-0.3, -0.25) is 4.90 Å². The summed E-state index contributed by atoms with van der Waals surface area (Å²) in [7, 11) is 2.22. The van der Waals surface area contributed by atoms with E-state index in [1.165, 1.54) is 26.1 Å². The highest BCUT2D eigenvalue weighted by molar-refractivity contribution is 4.75. The van der Waals surface area contributed by atoms with Gasteiger partial charge in [0.15, 0.2) is 0 Å². The molecule has 1 N–H and O–H groups in total. The summed E-state index contributed by atoms with van der Waals surface area (Å²) in [6.07, 6.45) is 1.29. The molecule has 0 saturated carbocycles. The molecule has 0 aliphatic carbocycles. The first-order chi connectivity index (χ1) is 8.24. The summed E-state index contributed by atoms with van der Waals surface area (Å²) in [6, 6.07) is 0.677. The topological polar surface area (TPSA) is 27.7 Å². The quantitative estimate of drug-likeness (QED) is 0.664. The highest BCUT2D eigenvalue weighted by Gasteiger charge is 2.18. The third-order valence-electron chi connectivity index (χ3n) is 3.39. The lowest BCUT2D eigenvalue weighted by molar-refractivity contribution is 0.146. The van der Waals surface area contributed by atoms with Crippen molar-refractivity contribution in [3.63, 3.8) is 0 Å². The monoisotopic (exact) mass is 243 g/mol. The lowest BCUT2D eigenvalue weighted by Crippen LogP contribution is -2.41. The second-order valence-corrected chi connectivity index (χ2v) is 4.95. The third-order valence-corrected chi connectivity index (χ3v) is 3.39. The Balaban J connectivity index is 2.08. The van der Waals surface area contributed by atoms with Crippen LogP contribution in [0.2, 0.25) is 0 Å². The first-order valence-corrected chi connectivity index (χ1v) is 6.95. The molecule has 4 heteroatoms. The maximum atomic E-state index is 5.30. The minimum atomic E-state index is 0.677. The van der Waals surface area contributed by atoms with Crippen molar-refractivity contribution in [1.82, 2.24) is 15.1 Å². The Morgan fingerprint density at radius 1 is 1.29 bits per heavy atom. The first-order valence-electron chi connectivity index (χ1n) is 6.95. The molecule has 4 nitrogen and oxygen atoms in total. The summed E-state index contributed by atoms with van der Waals surface area (Å²) in [5.41, 5.74) is 0. The van der Waals surface area contributed by atoms with Crippen LogP contribution >= 0.6 is 0 Å². The fourth-order valence-corrected chi connectivity index (χ4v) is 2.39. The molecule has 1 aliphatic heterocycles. The van der Waals surface area contributed by atoms with E-state index < -0.39 is 0 Å². The second kappa shape index (κ2) is 8.86. The highest BCUT2D eigenvalue weighted by Crippen LogP contribution is 2.07. The molecule has 0 bridgehead atoms. The van der Waals surface area contributed by atoms with Crippen LogP contribution in [0.3, 0.4) is 0 Å². The Bertz CT molecular complexity index is 190. The van der Waals surface area contributed by atoms with Crippen LogP contribution < -0.4 is 5.32 Å². The van der Waals surface area contributed by atoms with Crippen LogP contribution in [0.5, 0.6) is 0 Å². The second-order valence-electron chi connectivity index (χ2n) is 4.95. The molecule has 0 radical (unpaired) electrons. The van der Waals surface area contributed by atoms with Crippen LogP contribution in [0, 0.1) is 0 Å². The van der Waals surface area contributed by atoms with Gasteiger partial charge in [0.05, 0.1) is 6.61 Å². The van der Waals surface area contributed by atoms with Gasteiger partial charge in [0.1, 0.15) is 0 Å². The van der Waals surface area contributed by atoms with Gasteiger partial charge in [0.25, 0.3) is 0 Å². The van der Waals surface area contributed by atoms with E-state index in [0.29, 0.717) is 6.04 Å². The largest absolute Gasteiger partial charge is 0.380 e. The maximum absolute atomic E-state index is 5.30. The van der Waals surface area contributed by atoms with Crippen molar-refractivity contribution in [2.24, 2.45) is 0 Å². The fraction of sp³-hybridized carbons (Fsp3) is 1.00. The number of ether oxygens (including phenoxy) is 1. The summed E-state index contributed by atoms with van der Waals surface area (Å²) in [5, 5.41) is 3.44. The summed E-state index contributed by atoms with van der Waals surface area (Å²) in [6.45, 7) is 12.9. The number of hydrogen-bond donors (Lipinski definition) is 1. The zero-order valence-electron chi connectivity index (χ0n) is 11.7. The van der Waals surface area contributed by atoms with Crippen molar-refractivity contribution >= 4 is 0 Å². The van der Waals surface area contributed by atoms with Crippen molar-refractivity contribution in [3.05, 3.63) is 0 Å². The predicted octanol–water partition coefficient (Wildman–Crippen LogP) is 0.639. The van der Waals surface area contributed by atoms with E-state index in [4.69, 9.17) is 4.74 Å². The van der Waals surface area contributed by atoms with Crippen LogP contribution in [0.1, 0.15) is 20.3 Å². The normalized spacial score (nSPS) is 23.8. The molecule has 1 rings (SSSR count). The number of nitrogens with zero attached hydrogens (tertiary/aromatic N) is 2. The lowest BCUT2D eigenvalue weighted by Gasteiger charge is -2.27. The highest BCUT2D eigenvalue weighted by atomic mass is 16.5. The molecule has 17 heavy (non-hydrogen) atoms. The summed E-state index contributed by atoms with van der Waals surface area (Å²) in [4.78, 5) is 5.03. The SMILES string of the molecule is CCOCCNCCN1CCCN(C)CC1C. The molecule has 0 spiro atoms. The van der Waals surface area contributed by atoms with Crippen molar-refractivity contribution in [2.75, 3.05) is 59.5 Å². The van der Waals surface area contributed by atoms with Gasteiger partial charge in [-0.2, -0.15) is 0 Å². The first kappa shape index (κ1) is 14.9. The number of hydrogen-bond acceptors (Lipinski definition) is 4. The van der Waals surface area contributed by atoms with Gasteiger partial charge in [-0.25, -0.2) is 0 Å². The Labute approximate surface area is 106 Å². The molecule has 1 unspecified atom stereocenters. The summed E-state index contributed by atoms with van der Waals surface area (Å²) in [5.74, 6) is 0. The Kier molecular flexibility index (Phi) is 7.77. The number of rotatable bonds is 7. The van der Waals surface area contributed by atoms with E-state index in [0.717, 1.165) is 32.8 Å². The average molecular weight is 243 g/mol. The van der Waals surface area contributed by atoms with Crippen molar-refractivity contribution in [3.8, 4) is 0 Å². The van der Waals surface area contributed by atoms with Crippen molar-refractivity contribution in [1.29, 1.82) is 0 Å². The van der Waals surface area contributed by atoms with E-state index in [9.17, 15) is 0 Å². The Hall–Kier alpha value is -0.160. The lowest BCUT2D eigenvalue weighted by atomic mass is 10.2. The zero-order chi connectivity index (χ0) is 12.5. The molecular weight excluding hydrogens is 214 g/mol. The maximum Gasteiger partial charge on any atom is 0.0590 e. The molecule has 1 saturated heterocycles. The molecule has 1 fully saturated rings. The van der Waals surface area contributed by atoms with Gasteiger partial charge >= 0.3 is 0 Å². The average Bonchev–Trinajstić information content (AvgIpc) is 2.45. The van der Waals surface area contributed by atoms with E-state index >= 15 is 0 Å². The van der Waals surface area contributed by atoms with Crippen LogP contribution in [-0.4, -0.2) is 75.4 Å². The number of likely N-dealkylation sites (N-methyl/N-ethyl adjacent to an activating group) is 1. The van der Waals surface area contributed by atoms with Gasteiger partial charge in [0, 0.05) is 38.8 Å². The molecule has 1 atom stereocenters. The van der Waals surface area contributed by atoms with E-state index in [-0.39, 0.29) is 0 Å². The van der Waals surface area contributed by atoms with Crippen LogP contribution in [0.25, 0.3) is 0 Å². The Morgan fingerprint density at radius 2 is 2.12 bits per heavy atom. The van der Waals surface area contributed by atoms with Crippen molar-refractivity contribution in [2.45, 2.75) is 26.3 Å². The number of nitrogens with one attached hydrogen (secondary N) is 1. The molecule has 102 valence electrons. The molecule has 0 aromatic carbocycles. The van der Waals surface area contributed by atoms with Gasteiger partial charge in [-0.1, -0.05) is 0 Å². The molecule has 0 aromatic rings. The Morgan fingerprint density at radius 3 is 2.88 bits per heavy atom. The predicted molar refractivity (Wildman–Crippen MR) is 72.5 cm³/mol. The molecular formula is C13H29N3O. The van der Waals surface area contributed by atoms with Gasteiger partial charge in [-0.15, -0.1) is 0 Å². The third kappa shape index (κ3) is 6.36. The molecule has 0 amide bonds. The molecule has 1 heterocycles. The minimum Gasteiger partial charge on any atom is -0.380 e. The van der Waals surface area contributed by atoms with Gasteiger partial charge < -0.3 is 15.0 Å². The van der Waals surface area contributed by atoms with Crippen LogP contribution in [0.15, 0.2) is 0 Å². The van der Waals surface area contributed by atoms with Crippen LogP contribution in [0.4, 0.5) is 0 Å². The van der Waals surface area contributed by atoms with Crippen molar-refractivity contribution < 1.29 is 4.74 Å². The van der Waals surface area contributed by atoms with E-state index in [2.05, 4.69) is 29.1 Å².